The molecule has 1 aromatic carbocycles. The number of nitrogens with one attached hydrogen (secondary N) is 1. The number of hydrogen-bond acceptors (Lipinski definition) is 5. The summed E-state index contributed by atoms with van der Waals surface area (Å²) in [5.74, 6) is -0.634. The van der Waals surface area contributed by atoms with E-state index >= 15 is 0 Å². The molecule has 20 heavy (non-hydrogen) atoms. The van der Waals surface area contributed by atoms with E-state index in [0.717, 1.165) is 0 Å². The molecule has 0 heterocycles. The van der Waals surface area contributed by atoms with Crippen molar-refractivity contribution < 1.29 is 28.9 Å². The monoisotopic (exact) mass is 283 g/mol. The van der Waals surface area contributed by atoms with E-state index in [-0.39, 0.29) is 13.2 Å². The van der Waals surface area contributed by atoms with E-state index in [2.05, 4.69) is 10.1 Å². The van der Waals surface area contributed by atoms with E-state index in [1.54, 1.807) is 24.3 Å². The van der Waals surface area contributed by atoms with Gasteiger partial charge in [-0.05, 0) is 12.1 Å². The van der Waals surface area contributed by atoms with Gasteiger partial charge in [-0.1, -0.05) is 12.1 Å². The van der Waals surface area contributed by atoms with E-state index in [0.29, 0.717) is 11.5 Å². The second-order valence-corrected chi connectivity index (χ2v) is 3.81. The quantitative estimate of drug-likeness (QED) is 0.712. The predicted molar refractivity (Wildman–Crippen MR) is 69.9 cm³/mol. The van der Waals surface area contributed by atoms with Crippen LogP contribution in [0.1, 0.15) is 0 Å². The van der Waals surface area contributed by atoms with Crippen LogP contribution in [0.4, 0.5) is 0 Å². The Kier molecular flexibility index (Phi) is 6.31. The Morgan fingerprint density at radius 3 is 2.45 bits per heavy atom. The smallest absolute Gasteiger partial charge is 0.334 e. The third-order valence-corrected chi connectivity index (χ3v) is 2.47. The van der Waals surface area contributed by atoms with E-state index in [1.807, 2.05) is 0 Å². The van der Waals surface area contributed by atoms with Gasteiger partial charge in [0.05, 0.1) is 13.7 Å². The average Bonchev–Trinajstić information content (AvgIpc) is 2.45. The number of ether oxygens (including phenoxy) is 3. The van der Waals surface area contributed by atoms with Crippen LogP contribution in [-0.4, -0.2) is 50.5 Å². The molecule has 2 N–H and O–H groups in total. The summed E-state index contributed by atoms with van der Waals surface area (Å²) in [6, 6.07) is 6.91. The highest BCUT2D eigenvalue weighted by atomic mass is 16.5. The van der Waals surface area contributed by atoms with Crippen LogP contribution >= 0.6 is 0 Å². The maximum atomic E-state index is 11.5. The maximum Gasteiger partial charge on any atom is 0.334 e. The topological polar surface area (TPSA) is 94.1 Å². The molecule has 1 amide bonds. The molecular weight excluding hydrogens is 266 g/mol. The molecule has 0 radical (unpaired) electrons. The molecule has 1 unspecified atom stereocenters. The number of hydrogen-bond donors (Lipinski definition) is 2. The van der Waals surface area contributed by atoms with Gasteiger partial charge >= 0.3 is 5.97 Å². The highest BCUT2D eigenvalue weighted by Crippen LogP contribution is 2.25. The number of para-hydroxylation sites is 2. The van der Waals surface area contributed by atoms with Crippen LogP contribution in [0.25, 0.3) is 0 Å². The number of methoxy groups -OCH3 is 2. The van der Waals surface area contributed by atoms with Gasteiger partial charge in [0.2, 0.25) is 0 Å². The number of rotatable bonds is 8. The summed E-state index contributed by atoms with van der Waals surface area (Å²) in [5, 5.41) is 11.2. The fraction of sp³-hybridized carbons (Fsp3) is 0.385. The van der Waals surface area contributed by atoms with Crippen molar-refractivity contribution in [1.29, 1.82) is 0 Å². The molecule has 0 bridgehead atoms. The fourth-order valence-corrected chi connectivity index (χ4v) is 1.41. The second-order valence-electron chi connectivity index (χ2n) is 3.81. The number of amides is 1. The second kappa shape index (κ2) is 8.00. The number of carboxylic acids is 1. The molecule has 0 spiro atoms. The normalized spacial score (nSPS) is 11.5. The molecule has 1 rings (SSSR count). The van der Waals surface area contributed by atoms with Crippen molar-refractivity contribution in [3.05, 3.63) is 24.3 Å². The van der Waals surface area contributed by atoms with Crippen LogP contribution in [0.2, 0.25) is 0 Å². The Morgan fingerprint density at radius 1 is 1.25 bits per heavy atom. The van der Waals surface area contributed by atoms with Gasteiger partial charge < -0.3 is 24.6 Å². The third kappa shape index (κ3) is 4.77. The summed E-state index contributed by atoms with van der Waals surface area (Å²) < 4.78 is 15.0. The van der Waals surface area contributed by atoms with Gasteiger partial charge in [0.25, 0.3) is 5.91 Å². The summed E-state index contributed by atoms with van der Waals surface area (Å²) in [4.78, 5) is 22.2. The SMILES string of the molecule is COc1ccccc1OCC(=O)NCC(OC)C(=O)O. The average molecular weight is 283 g/mol. The van der Waals surface area contributed by atoms with Crippen molar-refractivity contribution in [2.75, 3.05) is 27.4 Å². The number of carbonyl (C=O) groups is 2. The van der Waals surface area contributed by atoms with Gasteiger partial charge in [-0.2, -0.15) is 0 Å². The highest BCUT2D eigenvalue weighted by molar-refractivity contribution is 5.79. The van der Waals surface area contributed by atoms with E-state index < -0.39 is 18.0 Å². The lowest BCUT2D eigenvalue weighted by Gasteiger charge is -2.13. The van der Waals surface area contributed by atoms with Crippen molar-refractivity contribution in [1.82, 2.24) is 5.32 Å². The number of benzene rings is 1. The number of carboxylic acid groups (broad SMARTS) is 1. The molecule has 1 aromatic rings. The van der Waals surface area contributed by atoms with Gasteiger partial charge in [-0.15, -0.1) is 0 Å². The number of aliphatic carboxylic acids is 1. The summed E-state index contributed by atoms with van der Waals surface area (Å²) in [5.41, 5.74) is 0. The molecule has 0 saturated heterocycles. The zero-order valence-electron chi connectivity index (χ0n) is 11.3. The van der Waals surface area contributed by atoms with Gasteiger partial charge in [0.15, 0.2) is 24.2 Å². The molecule has 110 valence electrons. The van der Waals surface area contributed by atoms with Crippen molar-refractivity contribution in [2.24, 2.45) is 0 Å². The van der Waals surface area contributed by atoms with Crippen LogP contribution in [0.15, 0.2) is 24.3 Å². The molecule has 0 aliphatic rings. The summed E-state index contributed by atoms with van der Waals surface area (Å²) in [6.07, 6.45) is -1.08. The van der Waals surface area contributed by atoms with Gasteiger partial charge in [0.1, 0.15) is 0 Å². The molecule has 0 fully saturated rings. The zero-order valence-corrected chi connectivity index (χ0v) is 11.3. The minimum atomic E-state index is -1.14. The lowest BCUT2D eigenvalue weighted by atomic mass is 10.3. The van der Waals surface area contributed by atoms with Crippen LogP contribution in [-0.2, 0) is 14.3 Å². The van der Waals surface area contributed by atoms with Crippen LogP contribution in [0.3, 0.4) is 0 Å². The molecule has 0 aliphatic carbocycles. The minimum absolute atomic E-state index is 0.125. The van der Waals surface area contributed by atoms with Crippen molar-refractivity contribution in [2.45, 2.75) is 6.10 Å². The Hall–Kier alpha value is -2.28. The summed E-state index contributed by atoms with van der Waals surface area (Å²) in [6.45, 7) is -0.365. The Bertz CT molecular complexity index is 462. The molecule has 1 atom stereocenters. The Labute approximate surface area is 116 Å². The van der Waals surface area contributed by atoms with Crippen LogP contribution in [0, 0.1) is 0 Å². The first-order valence-corrected chi connectivity index (χ1v) is 5.86. The Balaban J connectivity index is 2.42. The standard InChI is InChI=1S/C13H17NO6/c1-18-9-5-3-4-6-10(9)20-8-12(15)14-7-11(19-2)13(16)17/h3-6,11H,7-8H2,1-2H3,(H,14,15)(H,16,17). The fourth-order valence-electron chi connectivity index (χ4n) is 1.41. The van der Waals surface area contributed by atoms with Crippen molar-refractivity contribution in [3.8, 4) is 11.5 Å². The summed E-state index contributed by atoms with van der Waals surface area (Å²) >= 11 is 0. The van der Waals surface area contributed by atoms with Crippen molar-refractivity contribution >= 4 is 11.9 Å². The molecular formula is C13H17NO6. The maximum absolute atomic E-state index is 11.5. The van der Waals surface area contributed by atoms with Crippen molar-refractivity contribution in [3.63, 3.8) is 0 Å². The lowest BCUT2D eigenvalue weighted by molar-refractivity contribution is -0.148. The first-order valence-electron chi connectivity index (χ1n) is 5.86. The van der Waals surface area contributed by atoms with Crippen LogP contribution < -0.4 is 14.8 Å². The van der Waals surface area contributed by atoms with Crippen LogP contribution in [0.5, 0.6) is 11.5 Å². The predicted octanol–water partition coefficient (Wildman–Crippen LogP) is 0.290. The lowest BCUT2D eigenvalue weighted by Crippen LogP contribution is -2.39. The molecule has 0 aliphatic heterocycles. The van der Waals surface area contributed by atoms with Gasteiger partial charge in [0, 0.05) is 7.11 Å². The van der Waals surface area contributed by atoms with E-state index in [1.165, 1.54) is 14.2 Å². The first kappa shape index (κ1) is 15.8. The number of carbonyl (C=O) groups excluding carboxylic acids is 1. The summed E-state index contributed by atoms with van der Waals surface area (Å²) in [7, 11) is 2.76. The molecule has 0 saturated carbocycles. The third-order valence-electron chi connectivity index (χ3n) is 2.47. The van der Waals surface area contributed by atoms with E-state index in [4.69, 9.17) is 14.6 Å². The first-order chi connectivity index (χ1) is 9.58. The molecule has 7 heteroatoms. The zero-order chi connectivity index (χ0) is 15.0. The Morgan fingerprint density at radius 2 is 1.90 bits per heavy atom. The van der Waals surface area contributed by atoms with E-state index in [9.17, 15) is 9.59 Å². The molecule has 7 nitrogen and oxygen atoms in total. The molecule has 0 aromatic heterocycles. The largest absolute Gasteiger partial charge is 0.493 e. The van der Waals surface area contributed by atoms with Gasteiger partial charge in [-0.25, -0.2) is 4.79 Å². The highest BCUT2D eigenvalue weighted by Gasteiger charge is 2.17. The minimum Gasteiger partial charge on any atom is -0.493 e. The van der Waals surface area contributed by atoms with Gasteiger partial charge in [-0.3, -0.25) is 4.79 Å².